The van der Waals surface area contributed by atoms with Crippen LogP contribution in [0.25, 0.3) is 0 Å². The molecule has 0 atom stereocenters. The molecule has 1 saturated heterocycles. The molecule has 1 aliphatic heterocycles. The van der Waals surface area contributed by atoms with Crippen molar-refractivity contribution in [2.24, 2.45) is 4.99 Å². The van der Waals surface area contributed by atoms with Crippen LogP contribution in [0.4, 0.5) is 0 Å². The molecule has 0 bridgehead atoms. The van der Waals surface area contributed by atoms with Gasteiger partial charge in [0.1, 0.15) is 0 Å². The van der Waals surface area contributed by atoms with Gasteiger partial charge < -0.3 is 20.4 Å². The van der Waals surface area contributed by atoms with Gasteiger partial charge in [0.15, 0.2) is 5.96 Å². The summed E-state index contributed by atoms with van der Waals surface area (Å²) in [6.45, 7) is 14.2. The van der Waals surface area contributed by atoms with Crippen molar-refractivity contribution in [3.63, 3.8) is 0 Å². The molecule has 0 saturated carbocycles. The lowest BCUT2D eigenvalue weighted by Crippen LogP contribution is -2.46. The van der Waals surface area contributed by atoms with Crippen LogP contribution in [0.5, 0.6) is 0 Å². The van der Waals surface area contributed by atoms with Crippen LogP contribution in [-0.4, -0.2) is 74.7 Å². The molecule has 28 heavy (non-hydrogen) atoms. The fraction of sp³-hybridized carbons (Fsp3) is 0.667. The highest BCUT2D eigenvalue weighted by Gasteiger charge is 2.14. The molecule has 0 aromatic heterocycles. The van der Waals surface area contributed by atoms with Gasteiger partial charge >= 0.3 is 0 Å². The minimum Gasteiger partial charge on any atom is -0.357 e. The lowest BCUT2D eigenvalue weighted by molar-refractivity contribution is 0.136. The van der Waals surface area contributed by atoms with Crippen molar-refractivity contribution in [2.45, 2.75) is 33.1 Å². The lowest BCUT2D eigenvalue weighted by atomic mass is 10.1. The molecule has 1 aromatic rings. The molecule has 1 fully saturated rings. The van der Waals surface area contributed by atoms with E-state index in [1.807, 2.05) is 18.2 Å². The second-order valence-corrected chi connectivity index (χ2v) is 7.42. The molecule has 2 N–H and O–H groups in total. The fourth-order valence-electron chi connectivity index (χ4n) is 3.33. The predicted octanol–water partition coefficient (Wildman–Crippen LogP) is 3.47. The zero-order valence-corrected chi connectivity index (χ0v) is 20.5. The predicted molar refractivity (Wildman–Crippen MR) is 132 cm³/mol. The van der Waals surface area contributed by atoms with Crippen molar-refractivity contribution in [1.29, 1.82) is 0 Å². The highest BCUT2D eigenvalue weighted by atomic mass is 127. The maximum absolute atomic E-state index is 6.22. The van der Waals surface area contributed by atoms with Gasteiger partial charge in [-0.3, -0.25) is 4.99 Å². The first kappa shape index (κ1) is 25.5. The van der Waals surface area contributed by atoms with Gasteiger partial charge in [0, 0.05) is 50.8 Å². The number of guanidine groups is 1. The van der Waals surface area contributed by atoms with Gasteiger partial charge in [-0.15, -0.1) is 24.0 Å². The molecule has 1 aliphatic rings. The number of unbranched alkanes of at least 4 members (excludes halogenated alkanes) is 1. The van der Waals surface area contributed by atoms with Gasteiger partial charge in [-0.1, -0.05) is 36.7 Å². The molecule has 7 heteroatoms. The Labute approximate surface area is 193 Å². The Kier molecular flexibility index (Phi) is 13.9. The molecule has 160 valence electrons. The summed E-state index contributed by atoms with van der Waals surface area (Å²) in [7, 11) is 0. The standard InChI is InChI=1S/C21H36ClN5.HI/c1-3-23-21(25-13-11-19-9-5-6-10-20(19)22)24-12-7-8-14-27-17-15-26(4-2)16-18-27;/h5-6,9-10H,3-4,7-8,11-18H2,1-2H3,(H2,23,24,25);1H. The first-order valence-corrected chi connectivity index (χ1v) is 10.8. The van der Waals surface area contributed by atoms with Crippen LogP contribution in [0.3, 0.4) is 0 Å². The first-order chi connectivity index (χ1) is 13.2. The van der Waals surface area contributed by atoms with Gasteiger partial charge in [0.05, 0.1) is 0 Å². The molecule has 1 aromatic carbocycles. The maximum atomic E-state index is 6.22. The van der Waals surface area contributed by atoms with E-state index < -0.39 is 0 Å². The van der Waals surface area contributed by atoms with Gasteiger partial charge in [0.2, 0.25) is 0 Å². The Morgan fingerprint density at radius 1 is 1.04 bits per heavy atom. The smallest absolute Gasteiger partial charge is 0.191 e. The minimum absolute atomic E-state index is 0. The van der Waals surface area contributed by atoms with E-state index in [1.165, 1.54) is 51.3 Å². The van der Waals surface area contributed by atoms with Gasteiger partial charge in [0.25, 0.3) is 0 Å². The SMILES string of the molecule is CCNC(=NCCCCN1CCN(CC)CC1)NCCc1ccccc1Cl.I. The quantitative estimate of drug-likeness (QED) is 0.214. The first-order valence-electron chi connectivity index (χ1n) is 10.4. The van der Waals surface area contributed by atoms with E-state index in [9.17, 15) is 0 Å². The van der Waals surface area contributed by atoms with Crippen LogP contribution in [0, 0.1) is 0 Å². The third-order valence-corrected chi connectivity index (χ3v) is 5.42. The van der Waals surface area contributed by atoms with Crippen molar-refractivity contribution in [3.05, 3.63) is 34.9 Å². The zero-order valence-electron chi connectivity index (χ0n) is 17.4. The number of hydrogen-bond donors (Lipinski definition) is 2. The van der Waals surface area contributed by atoms with E-state index in [1.54, 1.807) is 0 Å². The summed E-state index contributed by atoms with van der Waals surface area (Å²) in [5, 5.41) is 7.57. The highest BCUT2D eigenvalue weighted by molar-refractivity contribution is 14.0. The highest BCUT2D eigenvalue weighted by Crippen LogP contribution is 2.14. The van der Waals surface area contributed by atoms with E-state index in [4.69, 9.17) is 16.6 Å². The van der Waals surface area contributed by atoms with Crippen molar-refractivity contribution in [3.8, 4) is 0 Å². The second kappa shape index (κ2) is 15.3. The Bertz CT molecular complexity index is 561. The monoisotopic (exact) mass is 521 g/mol. The Morgan fingerprint density at radius 2 is 1.75 bits per heavy atom. The van der Waals surface area contributed by atoms with Crippen molar-refractivity contribution < 1.29 is 0 Å². The van der Waals surface area contributed by atoms with Gasteiger partial charge in [-0.05, 0) is 50.9 Å². The summed E-state index contributed by atoms with van der Waals surface area (Å²) >= 11 is 6.22. The zero-order chi connectivity index (χ0) is 19.3. The summed E-state index contributed by atoms with van der Waals surface area (Å²) in [4.78, 5) is 9.82. The maximum Gasteiger partial charge on any atom is 0.191 e. The number of hydrogen-bond acceptors (Lipinski definition) is 3. The molecule has 5 nitrogen and oxygen atoms in total. The fourth-order valence-corrected chi connectivity index (χ4v) is 3.56. The largest absolute Gasteiger partial charge is 0.357 e. The average molecular weight is 522 g/mol. The van der Waals surface area contributed by atoms with Crippen molar-refractivity contribution in [2.75, 3.05) is 58.9 Å². The third kappa shape index (κ3) is 9.76. The van der Waals surface area contributed by atoms with E-state index in [2.05, 4.69) is 40.3 Å². The summed E-state index contributed by atoms with van der Waals surface area (Å²) in [5.74, 6) is 0.904. The number of likely N-dealkylation sites (N-methyl/N-ethyl adjacent to an activating group) is 1. The third-order valence-electron chi connectivity index (χ3n) is 5.05. The molecule has 2 rings (SSSR count). The summed E-state index contributed by atoms with van der Waals surface area (Å²) < 4.78 is 0. The molecule has 0 radical (unpaired) electrons. The van der Waals surface area contributed by atoms with E-state index in [-0.39, 0.29) is 24.0 Å². The Balaban J connectivity index is 0.00000392. The molecule has 1 heterocycles. The van der Waals surface area contributed by atoms with Crippen molar-refractivity contribution in [1.82, 2.24) is 20.4 Å². The van der Waals surface area contributed by atoms with E-state index in [0.717, 1.165) is 43.5 Å². The Morgan fingerprint density at radius 3 is 2.43 bits per heavy atom. The lowest BCUT2D eigenvalue weighted by Gasteiger charge is -2.33. The van der Waals surface area contributed by atoms with Gasteiger partial charge in [-0.25, -0.2) is 0 Å². The second-order valence-electron chi connectivity index (χ2n) is 7.01. The van der Waals surface area contributed by atoms with E-state index >= 15 is 0 Å². The van der Waals surface area contributed by atoms with Crippen molar-refractivity contribution >= 4 is 41.5 Å². The van der Waals surface area contributed by atoms with E-state index in [0.29, 0.717) is 0 Å². The number of piperazine rings is 1. The Hall–Kier alpha value is -0.570. The van der Waals surface area contributed by atoms with Crippen LogP contribution >= 0.6 is 35.6 Å². The number of benzene rings is 1. The number of nitrogens with one attached hydrogen (secondary N) is 2. The van der Waals surface area contributed by atoms with Gasteiger partial charge in [-0.2, -0.15) is 0 Å². The molecule has 0 unspecified atom stereocenters. The summed E-state index contributed by atoms with van der Waals surface area (Å²) in [5.41, 5.74) is 1.17. The number of aliphatic imine (C=N–C) groups is 1. The summed E-state index contributed by atoms with van der Waals surface area (Å²) in [6, 6.07) is 8.02. The van der Waals surface area contributed by atoms with Crippen LogP contribution in [0.15, 0.2) is 29.3 Å². The van der Waals surface area contributed by atoms with Crippen LogP contribution in [-0.2, 0) is 6.42 Å². The minimum atomic E-state index is 0. The number of halogens is 2. The molecule has 0 amide bonds. The molecule has 0 spiro atoms. The summed E-state index contributed by atoms with van der Waals surface area (Å²) in [6.07, 6.45) is 3.25. The molecule has 0 aliphatic carbocycles. The van der Waals surface area contributed by atoms with Crippen LogP contribution in [0.2, 0.25) is 5.02 Å². The van der Waals surface area contributed by atoms with Crippen LogP contribution < -0.4 is 10.6 Å². The topological polar surface area (TPSA) is 42.9 Å². The van der Waals surface area contributed by atoms with Crippen LogP contribution in [0.1, 0.15) is 32.3 Å². The molecular weight excluding hydrogens is 485 g/mol. The number of rotatable bonds is 10. The number of nitrogens with zero attached hydrogens (tertiary/aromatic N) is 3. The molecular formula is C21H37ClIN5. The average Bonchev–Trinajstić information content (AvgIpc) is 2.69. The normalized spacial score (nSPS) is 15.9.